The molecule has 350 valence electrons. The van der Waals surface area contributed by atoms with Gasteiger partial charge in [0.05, 0.1) is 13.2 Å². The highest BCUT2D eigenvalue weighted by atomic mass is 16.6. The summed E-state index contributed by atoms with van der Waals surface area (Å²) in [5, 5.41) is 9.18. The van der Waals surface area contributed by atoms with Crippen LogP contribution in [0.25, 0.3) is 0 Å². The highest BCUT2D eigenvalue weighted by Gasteiger charge is 2.31. The minimum atomic E-state index is -0.464. The van der Waals surface area contributed by atoms with Gasteiger partial charge in [-0.2, -0.15) is 0 Å². The predicted octanol–water partition coefficient (Wildman–Crippen LogP) is 7.13. The van der Waals surface area contributed by atoms with Gasteiger partial charge in [0.1, 0.15) is 17.0 Å². The molecule has 0 aromatic carbocycles. The average molecular weight is 877 g/mol. The number of anilines is 2. The summed E-state index contributed by atoms with van der Waals surface area (Å²) in [6.45, 7) is 21.0. The SMILES string of the molecule is CC(C)(C)OC(=O)NC1CCC(=O)CC1.CC(C)(C)OC(=O)NC1CCC(N2CCN(c3ncccc3OCC3CC3)CC2)CC1.c1cnc(N2CCNCC2)c(OCC2CC2)c1. The molecule has 0 atom stereocenters. The van der Waals surface area contributed by atoms with Crippen LogP contribution in [0.3, 0.4) is 0 Å². The van der Waals surface area contributed by atoms with Crippen molar-refractivity contribution in [1.82, 2.24) is 30.8 Å². The molecule has 4 aliphatic carbocycles. The van der Waals surface area contributed by atoms with Gasteiger partial charge in [0, 0.05) is 95.7 Å². The maximum atomic E-state index is 12.0. The number of Topliss-reactive ketones (excluding diaryl/α,β-unsaturated/α-hetero) is 1. The van der Waals surface area contributed by atoms with Gasteiger partial charge in [-0.05, 0) is 142 Å². The van der Waals surface area contributed by atoms with E-state index >= 15 is 0 Å². The lowest BCUT2D eigenvalue weighted by Gasteiger charge is -2.42. The third-order valence-electron chi connectivity index (χ3n) is 12.1. The third-order valence-corrected chi connectivity index (χ3v) is 12.1. The number of aromatic nitrogens is 2. The molecule has 2 aliphatic heterocycles. The number of piperazine rings is 2. The molecule has 0 spiro atoms. The molecule has 15 heteroatoms. The summed E-state index contributed by atoms with van der Waals surface area (Å²) in [5.41, 5.74) is -0.911. The quantitative estimate of drug-likeness (QED) is 0.210. The third kappa shape index (κ3) is 17.3. The Morgan fingerprint density at radius 1 is 0.635 bits per heavy atom. The molecule has 3 N–H and O–H groups in total. The van der Waals surface area contributed by atoms with Crippen molar-refractivity contribution in [3.05, 3.63) is 36.7 Å². The second kappa shape index (κ2) is 23.0. The van der Waals surface area contributed by atoms with E-state index in [0.717, 1.165) is 139 Å². The van der Waals surface area contributed by atoms with Crippen molar-refractivity contribution in [2.45, 2.75) is 148 Å². The van der Waals surface area contributed by atoms with Crippen LogP contribution in [0.4, 0.5) is 21.2 Å². The molecule has 6 aliphatic rings. The Morgan fingerprint density at radius 3 is 1.52 bits per heavy atom. The number of hydrogen-bond donors (Lipinski definition) is 3. The molecule has 4 saturated carbocycles. The number of alkyl carbamates (subject to hydrolysis) is 2. The number of nitrogens with zero attached hydrogens (tertiary/aromatic N) is 5. The molecule has 2 aromatic heterocycles. The Labute approximate surface area is 376 Å². The number of ether oxygens (including phenoxy) is 4. The van der Waals surface area contributed by atoms with Gasteiger partial charge in [0.25, 0.3) is 0 Å². The van der Waals surface area contributed by atoms with Crippen LogP contribution in [0.15, 0.2) is 36.7 Å². The summed E-state index contributed by atoms with van der Waals surface area (Å²) < 4.78 is 22.5. The summed E-state index contributed by atoms with van der Waals surface area (Å²) in [6.07, 6.45) is 15.2. The first kappa shape index (κ1) is 48.1. The maximum Gasteiger partial charge on any atom is 0.407 e. The summed E-state index contributed by atoms with van der Waals surface area (Å²) in [4.78, 5) is 50.8. The van der Waals surface area contributed by atoms with Gasteiger partial charge in [0.15, 0.2) is 23.1 Å². The fraction of sp³-hybridized carbons (Fsp3) is 0.729. The first-order valence-corrected chi connectivity index (χ1v) is 23.8. The number of amides is 2. The minimum Gasteiger partial charge on any atom is -0.489 e. The van der Waals surface area contributed by atoms with Gasteiger partial charge in [0.2, 0.25) is 0 Å². The van der Waals surface area contributed by atoms with Crippen molar-refractivity contribution in [2.24, 2.45) is 11.8 Å². The molecule has 2 amide bonds. The van der Waals surface area contributed by atoms with Gasteiger partial charge in [-0.1, -0.05) is 0 Å². The number of rotatable bonds is 11. The standard InChI is InChI=1S/C24H38N4O3.C13H19N3O.C11H19NO3/c1-24(2,3)31-23(29)26-19-8-10-20(11-9-19)27-13-15-28(16-14-27)22-21(5-4-12-25-22)30-17-18-6-7-18;1-2-12(17-10-11-3-4-11)13(15-5-1)16-8-6-14-7-9-16;1-11(2,3)15-10(14)12-8-4-6-9(13)7-5-8/h4-5,12,18-20H,6-11,13-17H2,1-3H3,(H,26,29);1-2,5,11,14H,3-4,6-10H2;8H,4-7H2,1-3H3,(H,12,14). The van der Waals surface area contributed by atoms with Crippen molar-refractivity contribution in [3.8, 4) is 11.5 Å². The Hall–Kier alpha value is -4.37. The zero-order valence-corrected chi connectivity index (χ0v) is 39.0. The lowest BCUT2D eigenvalue weighted by molar-refractivity contribution is -0.120. The summed E-state index contributed by atoms with van der Waals surface area (Å²) >= 11 is 0. The number of ketones is 1. The number of pyridine rings is 2. The minimum absolute atomic E-state index is 0.0950. The Morgan fingerprint density at radius 2 is 1.08 bits per heavy atom. The van der Waals surface area contributed by atoms with E-state index in [2.05, 4.69) is 46.7 Å². The molecule has 0 unspecified atom stereocenters. The van der Waals surface area contributed by atoms with E-state index in [4.69, 9.17) is 18.9 Å². The second-order valence-electron chi connectivity index (χ2n) is 20.0. The van der Waals surface area contributed by atoms with Crippen molar-refractivity contribution >= 4 is 29.6 Å². The highest BCUT2D eigenvalue weighted by molar-refractivity contribution is 5.79. The molecule has 63 heavy (non-hydrogen) atoms. The molecule has 8 rings (SSSR count). The predicted molar refractivity (Wildman–Crippen MR) is 246 cm³/mol. The Kier molecular flexibility index (Phi) is 17.6. The van der Waals surface area contributed by atoms with E-state index in [9.17, 15) is 14.4 Å². The van der Waals surface area contributed by atoms with Gasteiger partial charge in [-0.3, -0.25) is 9.69 Å². The van der Waals surface area contributed by atoms with Crippen molar-refractivity contribution in [2.75, 3.05) is 75.4 Å². The summed E-state index contributed by atoms with van der Waals surface area (Å²) in [7, 11) is 0. The lowest BCUT2D eigenvalue weighted by atomic mass is 9.90. The molecule has 15 nitrogen and oxygen atoms in total. The van der Waals surface area contributed by atoms with Gasteiger partial charge in [-0.25, -0.2) is 19.6 Å². The van der Waals surface area contributed by atoms with Crippen LogP contribution in [-0.4, -0.2) is 128 Å². The zero-order valence-electron chi connectivity index (χ0n) is 39.0. The van der Waals surface area contributed by atoms with Crippen LogP contribution in [0.1, 0.15) is 119 Å². The van der Waals surface area contributed by atoms with E-state index in [-0.39, 0.29) is 30.1 Å². The molecule has 6 fully saturated rings. The molecule has 4 heterocycles. The number of carbonyl (C=O) groups is 3. The fourth-order valence-electron chi connectivity index (χ4n) is 8.24. The molecular weight excluding hydrogens is 801 g/mol. The Bertz CT molecular complexity index is 1730. The maximum absolute atomic E-state index is 12.0. The van der Waals surface area contributed by atoms with Gasteiger partial charge in [-0.15, -0.1) is 0 Å². The fourth-order valence-corrected chi connectivity index (χ4v) is 8.24. The normalized spacial score (nSPS) is 22.3. The lowest BCUT2D eigenvalue weighted by Crippen LogP contribution is -2.52. The van der Waals surface area contributed by atoms with Gasteiger partial charge < -0.3 is 44.7 Å². The highest BCUT2D eigenvalue weighted by Crippen LogP contribution is 2.34. The van der Waals surface area contributed by atoms with Crippen molar-refractivity contribution in [1.29, 1.82) is 0 Å². The number of hydrogen-bond acceptors (Lipinski definition) is 13. The number of carbonyl (C=O) groups excluding carboxylic acids is 3. The first-order valence-electron chi connectivity index (χ1n) is 23.8. The van der Waals surface area contributed by atoms with Crippen LogP contribution >= 0.6 is 0 Å². The largest absolute Gasteiger partial charge is 0.489 e. The van der Waals surface area contributed by atoms with E-state index in [1.807, 2.05) is 72.1 Å². The van der Waals surface area contributed by atoms with E-state index in [1.165, 1.54) is 25.7 Å². The van der Waals surface area contributed by atoms with E-state index < -0.39 is 11.2 Å². The molecule has 2 saturated heterocycles. The second-order valence-corrected chi connectivity index (χ2v) is 20.0. The first-order chi connectivity index (χ1) is 30.2. The van der Waals surface area contributed by atoms with E-state index in [0.29, 0.717) is 18.9 Å². The monoisotopic (exact) mass is 877 g/mol. The average Bonchev–Trinajstić information content (AvgIpc) is 4.20. The van der Waals surface area contributed by atoms with E-state index in [1.54, 1.807) is 0 Å². The van der Waals surface area contributed by atoms with Crippen molar-refractivity contribution in [3.63, 3.8) is 0 Å². The Balaban J connectivity index is 0.000000174. The molecule has 0 bridgehead atoms. The summed E-state index contributed by atoms with van der Waals surface area (Å²) in [5.74, 6) is 5.69. The smallest absolute Gasteiger partial charge is 0.407 e. The van der Waals surface area contributed by atoms with Crippen LogP contribution < -0.4 is 35.2 Å². The zero-order chi connectivity index (χ0) is 44.8. The molecular formula is C48H76N8O7. The van der Waals surface area contributed by atoms with Crippen LogP contribution in [-0.2, 0) is 14.3 Å². The van der Waals surface area contributed by atoms with Crippen LogP contribution in [0.5, 0.6) is 11.5 Å². The molecule has 0 radical (unpaired) electrons. The van der Waals surface area contributed by atoms with Gasteiger partial charge >= 0.3 is 12.2 Å². The van der Waals surface area contributed by atoms with Crippen molar-refractivity contribution < 1.29 is 33.3 Å². The number of nitrogens with one attached hydrogen (secondary N) is 3. The van der Waals surface area contributed by atoms with Crippen LogP contribution in [0, 0.1) is 11.8 Å². The van der Waals surface area contributed by atoms with Crippen LogP contribution in [0.2, 0.25) is 0 Å². The summed E-state index contributed by atoms with van der Waals surface area (Å²) in [6, 6.07) is 8.93. The topological polar surface area (TPSA) is 160 Å². The molecule has 2 aromatic rings.